The van der Waals surface area contributed by atoms with Gasteiger partial charge in [0.25, 0.3) is 5.91 Å². The zero-order chi connectivity index (χ0) is 20.6. The zero-order valence-electron chi connectivity index (χ0n) is 16.1. The minimum absolute atomic E-state index is 0.347. The summed E-state index contributed by atoms with van der Waals surface area (Å²) in [6.07, 6.45) is 4.55. The monoisotopic (exact) mass is 388 g/mol. The summed E-state index contributed by atoms with van der Waals surface area (Å²) in [4.78, 5) is 30.0. The predicted octanol–water partition coefficient (Wildman–Crippen LogP) is 3.13. The van der Waals surface area contributed by atoms with Crippen molar-refractivity contribution in [2.45, 2.75) is 0 Å². The van der Waals surface area contributed by atoms with Gasteiger partial charge in [-0.25, -0.2) is 10.2 Å². The van der Waals surface area contributed by atoms with Gasteiger partial charge >= 0.3 is 5.97 Å². The number of benzene rings is 2. The highest BCUT2D eigenvalue weighted by atomic mass is 16.5. The Morgan fingerprint density at radius 2 is 1.72 bits per heavy atom. The maximum absolute atomic E-state index is 12.2. The molecule has 0 aliphatic rings. The molecule has 7 heteroatoms. The van der Waals surface area contributed by atoms with E-state index in [9.17, 15) is 9.59 Å². The fourth-order valence-electron chi connectivity index (χ4n) is 2.41. The average Bonchev–Trinajstić information content (AvgIpc) is 2.75. The van der Waals surface area contributed by atoms with Crippen molar-refractivity contribution >= 4 is 23.8 Å². The smallest absolute Gasteiger partial charge is 0.343 e. The zero-order valence-corrected chi connectivity index (χ0v) is 16.1. The number of hydrogen-bond acceptors (Lipinski definition) is 6. The Labute approximate surface area is 168 Å². The largest absolute Gasteiger partial charge is 0.423 e. The van der Waals surface area contributed by atoms with Gasteiger partial charge in [-0.15, -0.1) is 0 Å². The molecule has 0 fully saturated rings. The standard InChI is InChI=1S/C22H20N4O3/c1-26(2)19-9-7-17(8-10-19)22(28)29-20-11-5-16(6-12-20)14-24-25-21(27)18-4-3-13-23-15-18/h3-15H,1-2H3,(H,25,27)/b24-14+. The molecule has 146 valence electrons. The molecule has 0 spiro atoms. The number of pyridine rings is 1. The van der Waals surface area contributed by atoms with Crippen LogP contribution in [0.3, 0.4) is 0 Å². The summed E-state index contributed by atoms with van der Waals surface area (Å²) >= 11 is 0. The molecular formula is C22H20N4O3. The van der Waals surface area contributed by atoms with E-state index in [1.807, 2.05) is 31.1 Å². The van der Waals surface area contributed by atoms with Crippen LogP contribution in [0.25, 0.3) is 0 Å². The first-order valence-electron chi connectivity index (χ1n) is 8.86. The van der Waals surface area contributed by atoms with E-state index >= 15 is 0 Å². The van der Waals surface area contributed by atoms with Crippen molar-refractivity contribution < 1.29 is 14.3 Å². The lowest BCUT2D eigenvalue weighted by atomic mass is 10.2. The van der Waals surface area contributed by atoms with Crippen LogP contribution in [0, 0.1) is 0 Å². The molecular weight excluding hydrogens is 368 g/mol. The van der Waals surface area contributed by atoms with Crippen molar-refractivity contribution in [3.8, 4) is 5.75 Å². The van der Waals surface area contributed by atoms with Crippen molar-refractivity contribution in [1.82, 2.24) is 10.4 Å². The molecule has 0 atom stereocenters. The van der Waals surface area contributed by atoms with E-state index in [0.29, 0.717) is 16.9 Å². The first kappa shape index (κ1) is 19.8. The number of anilines is 1. The second kappa shape index (κ2) is 9.27. The summed E-state index contributed by atoms with van der Waals surface area (Å²) < 4.78 is 5.38. The van der Waals surface area contributed by atoms with E-state index < -0.39 is 5.97 Å². The van der Waals surface area contributed by atoms with E-state index in [0.717, 1.165) is 11.3 Å². The summed E-state index contributed by atoms with van der Waals surface area (Å²) in [6, 6.07) is 17.3. The van der Waals surface area contributed by atoms with Crippen molar-refractivity contribution in [2.24, 2.45) is 5.10 Å². The molecule has 0 bridgehead atoms. The number of hydrazone groups is 1. The molecule has 3 rings (SSSR count). The van der Waals surface area contributed by atoms with Gasteiger partial charge < -0.3 is 9.64 Å². The normalized spacial score (nSPS) is 10.6. The van der Waals surface area contributed by atoms with E-state index in [-0.39, 0.29) is 5.91 Å². The Kier molecular flexibility index (Phi) is 6.32. The lowest BCUT2D eigenvalue weighted by molar-refractivity contribution is 0.0734. The SMILES string of the molecule is CN(C)c1ccc(C(=O)Oc2ccc(/C=N/NC(=O)c3cccnc3)cc2)cc1. The van der Waals surface area contributed by atoms with Crippen molar-refractivity contribution in [2.75, 3.05) is 19.0 Å². The average molecular weight is 388 g/mol. The highest BCUT2D eigenvalue weighted by Crippen LogP contribution is 2.16. The minimum Gasteiger partial charge on any atom is -0.423 e. The highest BCUT2D eigenvalue weighted by Gasteiger charge is 2.09. The van der Waals surface area contributed by atoms with Gasteiger partial charge in [0.1, 0.15) is 5.75 Å². The first-order valence-corrected chi connectivity index (χ1v) is 8.86. The summed E-state index contributed by atoms with van der Waals surface area (Å²) in [6.45, 7) is 0. The molecule has 2 aromatic carbocycles. The Balaban J connectivity index is 1.55. The Bertz CT molecular complexity index is 998. The molecule has 1 heterocycles. The third-order valence-electron chi connectivity index (χ3n) is 4.01. The van der Waals surface area contributed by atoms with Gasteiger partial charge in [0.15, 0.2) is 0 Å². The number of nitrogens with zero attached hydrogens (tertiary/aromatic N) is 3. The van der Waals surface area contributed by atoms with Crippen LogP contribution in [-0.2, 0) is 0 Å². The summed E-state index contributed by atoms with van der Waals surface area (Å²) in [5, 5.41) is 3.91. The van der Waals surface area contributed by atoms with Crippen LogP contribution in [-0.4, -0.2) is 37.2 Å². The van der Waals surface area contributed by atoms with Crippen LogP contribution < -0.4 is 15.1 Å². The van der Waals surface area contributed by atoms with E-state index in [1.165, 1.54) is 12.4 Å². The van der Waals surface area contributed by atoms with E-state index in [4.69, 9.17) is 4.74 Å². The Hall–Kier alpha value is -4.00. The highest BCUT2D eigenvalue weighted by molar-refractivity contribution is 5.94. The third kappa shape index (κ3) is 5.49. The second-order valence-electron chi connectivity index (χ2n) is 6.34. The predicted molar refractivity (Wildman–Crippen MR) is 111 cm³/mol. The van der Waals surface area contributed by atoms with Gasteiger partial charge in [-0.3, -0.25) is 9.78 Å². The maximum Gasteiger partial charge on any atom is 0.343 e. The summed E-state index contributed by atoms with van der Waals surface area (Å²) in [5.74, 6) is -0.358. The fraction of sp³-hybridized carbons (Fsp3) is 0.0909. The number of rotatable bonds is 6. The van der Waals surface area contributed by atoms with Crippen LogP contribution in [0.2, 0.25) is 0 Å². The van der Waals surface area contributed by atoms with Gasteiger partial charge in [0.05, 0.1) is 17.3 Å². The van der Waals surface area contributed by atoms with Gasteiger partial charge in [0, 0.05) is 32.2 Å². The van der Waals surface area contributed by atoms with Crippen molar-refractivity contribution in [3.63, 3.8) is 0 Å². The summed E-state index contributed by atoms with van der Waals surface area (Å²) in [7, 11) is 3.87. The molecule has 1 amide bonds. The Morgan fingerprint density at radius 3 is 2.34 bits per heavy atom. The molecule has 3 aromatic rings. The lowest BCUT2D eigenvalue weighted by Gasteiger charge is -2.12. The van der Waals surface area contributed by atoms with E-state index in [2.05, 4.69) is 15.5 Å². The number of esters is 1. The summed E-state index contributed by atoms with van der Waals surface area (Å²) in [5.41, 5.74) is 5.07. The number of amides is 1. The van der Waals surface area contributed by atoms with Gasteiger partial charge in [-0.2, -0.15) is 5.10 Å². The molecule has 0 radical (unpaired) electrons. The number of carbonyl (C=O) groups is 2. The molecule has 0 aliphatic heterocycles. The molecule has 7 nitrogen and oxygen atoms in total. The first-order chi connectivity index (χ1) is 14.0. The molecule has 0 saturated carbocycles. The molecule has 1 N–H and O–H groups in total. The molecule has 0 unspecified atom stereocenters. The number of nitrogens with one attached hydrogen (secondary N) is 1. The number of hydrogen-bond donors (Lipinski definition) is 1. The van der Waals surface area contributed by atoms with Crippen LogP contribution >= 0.6 is 0 Å². The van der Waals surface area contributed by atoms with Gasteiger partial charge in [0.2, 0.25) is 0 Å². The number of ether oxygens (including phenoxy) is 1. The lowest BCUT2D eigenvalue weighted by Crippen LogP contribution is -2.17. The molecule has 0 aliphatic carbocycles. The molecule has 0 saturated heterocycles. The molecule has 29 heavy (non-hydrogen) atoms. The van der Waals surface area contributed by atoms with Crippen LogP contribution in [0.1, 0.15) is 26.3 Å². The number of aromatic nitrogens is 1. The second-order valence-corrected chi connectivity index (χ2v) is 6.34. The van der Waals surface area contributed by atoms with Crippen LogP contribution in [0.15, 0.2) is 78.2 Å². The van der Waals surface area contributed by atoms with Crippen molar-refractivity contribution in [3.05, 3.63) is 89.7 Å². The minimum atomic E-state index is -0.430. The quantitative estimate of drug-likeness (QED) is 0.304. The van der Waals surface area contributed by atoms with Crippen molar-refractivity contribution in [1.29, 1.82) is 0 Å². The maximum atomic E-state index is 12.2. The van der Waals surface area contributed by atoms with Crippen LogP contribution in [0.5, 0.6) is 5.75 Å². The Morgan fingerprint density at radius 1 is 1.00 bits per heavy atom. The topological polar surface area (TPSA) is 83.9 Å². The fourth-order valence-corrected chi connectivity index (χ4v) is 2.41. The van der Waals surface area contributed by atoms with Gasteiger partial charge in [-0.05, 0) is 66.2 Å². The number of carbonyl (C=O) groups excluding carboxylic acids is 2. The van der Waals surface area contributed by atoms with E-state index in [1.54, 1.807) is 54.7 Å². The van der Waals surface area contributed by atoms with Gasteiger partial charge in [-0.1, -0.05) is 0 Å². The van der Waals surface area contributed by atoms with Crippen LogP contribution in [0.4, 0.5) is 5.69 Å². The third-order valence-corrected chi connectivity index (χ3v) is 4.01. The molecule has 1 aromatic heterocycles.